The molecule has 34 heavy (non-hydrogen) atoms. The Bertz CT molecular complexity index is 1310. The summed E-state index contributed by atoms with van der Waals surface area (Å²) in [5, 5.41) is 2.55. The molecule has 2 heterocycles. The number of aromatic nitrogens is 3. The number of carbonyl (C=O) groups is 1. The van der Waals surface area contributed by atoms with Gasteiger partial charge in [-0.1, -0.05) is 24.3 Å². The SMILES string of the molecule is Cc1ccc(C(=O)NCc2ccccc2C(F)(F)F)cc1Oc1ncccc1-c1ccncn1. The van der Waals surface area contributed by atoms with Crippen molar-refractivity contribution in [1.82, 2.24) is 20.3 Å². The fourth-order valence-electron chi connectivity index (χ4n) is 3.30. The van der Waals surface area contributed by atoms with Crippen LogP contribution in [0.2, 0.25) is 0 Å². The van der Waals surface area contributed by atoms with Gasteiger partial charge in [0, 0.05) is 24.5 Å². The summed E-state index contributed by atoms with van der Waals surface area (Å²) in [5.74, 6) is 0.150. The number of ether oxygens (including phenoxy) is 1. The lowest BCUT2D eigenvalue weighted by atomic mass is 10.1. The quantitative estimate of drug-likeness (QED) is 0.403. The Morgan fingerprint density at radius 3 is 2.59 bits per heavy atom. The lowest BCUT2D eigenvalue weighted by molar-refractivity contribution is -0.138. The van der Waals surface area contributed by atoms with Gasteiger partial charge >= 0.3 is 6.18 Å². The molecule has 0 spiro atoms. The van der Waals surface area contributed by atoms with Crippen molar-refractivity contribution in [3.05, 3.63) is 102 Å². The second-order valence-corrected chi connectivity index (χ2v) is 7.37. The van der Waals surface area contributed by atoms with E-state index in [9.17, 15) is 18.0 Å². The summed E-state index contributed by atoms with van der Waals surface area (Å²) < 4.78 is 45.6. The Morgan fingerprint density at radius 1 is 1.00 bits per heavy atom. The molecule has 0 saturated carbocycles. The molecule has 6 nitrogen and oxygen atoms in total. The highest BCUT2D eigenvalue weighted by atomic mass is 19.4. The number of aryl methyl sites for hydroxylation is 1. The maximum Gasteiger partial charge on any atom is 0.416 e. The summed E-state index contributed by atoms with van der Waals surface area (Å²) in [5.41, 5.74) is 1.45. The molecule has 0 aliphatic heterocycles. The Kier molecular flexibility index (Phi) is 6.53. The number of benzene rings is 2. The van der Waals surface area contributed by atoms with Crippen LogP contribution in [0.4, 0.5) is 13.2 Å². The monoisotopic (exact) mass is 464 g/mol. The predicted molar refractivity (Wildman–Crippen MR) is 119 cm³/mol. The summed E-state index contributed by atoms with van der Waals surface area (Å²) >= 11 is 0. The van der Waals surface area contributed by atoms with Gasteiger partial charge in [-0.2, -0.15) is 13.2 Å². The van der Waals surface area contributed by atoms with Crippen LogP contribution in [-0.2, 0) is 12.7 Å². The van der Waals surface area contributed by atoms with Crippen LogP contribution in [0.3, 0.4) is 0 Å². The lowest BCUT2D eigenvalue weighted by Gasteiger charge is -2.14. The highest BCUT2D eigenvalue weighted by Gasteiger charge is 2.32. The molecule has 0 aliphatic rings. The van der Waals surface area contributed by atoms with Gasteiger partial charge in [0.05, 0.1) is 16.8 Å². The smallest absolute Gasteiger partial charge is 0.416 e. The van der Waals surface area contributed by atoms with E-state index in [1.165, 1.54) is 30.6 Å². The minimum atomic E-state index is -4.50. The number of pyridine rings is 1. The fraction of sp³-hybridized carbons (Fsp3) is 0.120. The van der Waals surface area contributed by atoms with Gasteiger partial charge in [-0.25, -0.2) is 15.0 Å². The van der Waals surface area contributed by atoms with Crippen molar-refractivity contribution < 1.29 is 22.7 Å². The van der Waals surface area contributed by atoms with Crippen LogP contribution in [0.25, 0.3) is 11.3 Å². The third-order valence-electron chi connectivity index (χ3n) is 5.05. The van der Waals surface area contributed by atoms with Crippen LogP contribution in [0.5, 0.6) is 11.6 Å². The highest BCUT2D eigenvalue weighted by Crippen LogP contribution is 2.33. The number of hydrogen-bond donors (Lipinski definition) is 1. The van der Waals surface area contributed by atoms with Crippen molar-refractivity contribution in [3.8, 4) is 22.9 Å². The number of halogens is 3. The van der Waals surface area contributed by atoms with E-state index in [0.717, 1.165) is 11.6 Å². The summed E-state index contributed by atoms with van der Waals surface area (Å²) in [6, 6.07) is 15.2. The van der Waals surface area contributed by atoms with Crippen LogP contribution in [0.15, 0.2) is 79.4 Å². The van der Waals surface area contributed by atoms with Gasteiger partial charge in [0.2, 0.25) is 5.88 Å². The number of nitrogens with one attached hydrogen (secondary N) is 1. The molecule has 1 amide bonds. The number of nitrogens with zero attached hydrogens (tertiary/aromatic N) is 3. The zero-order valence-corrected chi connectivity index (χ0v) is 18.0. The number of alkyl halides is 3. The molecule has 0 radical (unpaired) electrons. The van der Waals surface area contributed by atoms with E-state index in [1.807, 2.05) is 6.92 Å². The molecule has 4 aromatic rings. The highest BCUT2D eigenvalue weighted by molar-refractivity contribution is 5.94. The van der Waals surface area contributed by atoms with Crippen molar-refractivity contribution in [2.45, 2.75) is 19.6 Å². The number of hydrogen-bond acceptors (Lipinski definition) is 5. The zero-order chi connectivity index (χ0) is 24.1. The van der Waals surface area contributed by atoms with E-state index in [2.05, 4.69) is 20.3 Å². The maximum absolute atomic E-state index is 13.2. The van der Waals surface area contributed by atoms with Gasteiger partial charge in [0.15, 0.2) is 0 Å². The van der Waals surface area contributed by atoms with Crippen molar-refractivity contribution in [2.24, 2.45) is 0 Å². The molecule has 1 N–H and O–H groups in total. The predicted octanol–water partition coefficient (Wildman–Crippen LogP) is 5.59. The van der Waals surface area contributed by atoms with Crippen molar-refractivity contribution in [1.29, 1.82) is 0 Å². The second kappa shape index (κ2) is 9.70. The van der Waals surface area contributed by atoms with Crippen molar-refractivity contribution in [3.63, 3.8) is 0 Å². The standard InChI is InChI=1S/C25H19F3N4O2/c1-16-8-9-17(23(33)31-14-18-5-2-3-7-20(18)25(26,27)28)13-22(16)34-24-19(6-4-11-30-24)21-10-12-29-15-32-21/h2-13,15H,14H2,1H3,(H,31,33). The minimum absolute atomic E-state index is 0.0186. The molecule has 0 atom stereocenters. The van der Waals surface area contributed by atoms with Crippen LogP contribution in [0.1, 0.15) is 27.0 Å². The second-order valence-electron chi connectivity index (χ2n) is 7.37. The van der Waals surface area contributed by atoms with E-state index in [0.29, 0.717) is 22.9 Å². The van der Waals surface area contributed by atoms with Gasteiger partial charge in [0.1, 0.15) is 12.1 Å². The summed E-state index contributed by atoms with van der Waals surface area (Å²) in [4.78, 5) is 25.1. The first-order valence-corrected chi connectivity index (χ1v) is 10.3. The molecule has 172 valence electrons. The van der Waals surface area contributed by atoms with Crippen LogP contribution >= 0.6 is 0 Å². The molecule has 0 fully saturated rings. The summed E-state index contributed by atoms with van der Waals surface area (Å²) in [6.45, 7) is 1.54. The molecular formula is C25H19F3N4O2. The van der Waals surface area contributed by atoms with E-state index < -0.39 is 17.6 Å². The lowest BCUT2D eigenvalue weighted by Crippen LogP contribution is -2.24. The Hall–Kier alpha value is -4.27. The van der Waals surface area contributed by atoms with Gasteiger partial charge in [-0.05, 0) is 54.4 Å². The molecule has 9 heteroatoms. The molecule has 0 aliphatic carbocycles. The number of rotatable bonds is 6. The number of carbonyl (C=O) groups excluding carboxylic acids is 1. The minimum Gasteiger partial charge on any atom is -0.438 e. The van der Waals surface area contributed by atoms with Gasteiger partial charge in [-0.3, -0.25) is 4.79 Å². The zero-order valence-electron chi connectivity index (χ0n) is 18.0. The Morgan fingerprint density at radius 2 is 1.82 bits per heavy atom. The van der Waals surface area contributed by atoms with E-state index in [4.69, 9.17) is 4.74 Å². The van der Waals surface area contributed by atoms with Crippen LogP contribution < -0.4 is 10.1 Å². The molecular weight excluding hydrogens is 445 g/mol. The normalized spacial score (nSPS) is 11.2. The van der Waals surface area contributed by atoms with Gasteiger partial charge in [0.25, 0.3) is 5.91 Å². The summed E-state index contributed by atoms with van der Waals surface area (Å²) in [6.07, 6.45) is 0.0891. The Labute approximate surface area is 193 Å². The average Bonchev–Trinajstić information content (AvgIpc) is 2.84. The van der Waals surface area contributed by atoms with E-state index >= 15 is 0 Å². The third kappa shape index (κ3) is 5.20. The van der Waals surface area contributed by atoms with Crippen LogP contribution in [0, 0.1) is 6.92 Å². The van der Waals surface area contributed by atoms with E-state index in [-0.39, 0.29) is 17.7 Å². The first-order chi connectivity index (χ1) is 16.3. The van der Waals surface area contributed by atoms with Gasteiger partial charge in [-0.15, -0.1) is 0 Å². The largest absolute Gasteiger partial charge is 0.438 e. The number of amides is 1. The third-order valence-corrected chi connectivity index (χ3v) is 5.05. The van der Waals surface area contributed by atoms with Crippen LogP contribution in [-0.4, -0.2) is 20.9 Å². The van der Waals surface area contributed by atoms with Crippen molar-refractivity contribution >= 4 is 5.91 Å². The molecule has 2 aromatic heterocycles. The molecule has 4 rings (SSSR count). The molecule has 0 bridgehead atoms. The average molecular weight is 464 g/mol. The topological polar surface area (TPSA) is 77.0 Å². The first kappa shape index (κ1) is 22.9. The maximum atomic E-state index is 13.2. The fourth-order valence-corrected chi connectivity index (χ4v) is 3.30. The molecule has 2 aromatic carbocycles. The Balaban J connectivity index is 1.55. The van der Waals surface area contributed by atoms with E-state index in [1.54, 1.807) is 42.7 Å². The van der Waals surface area contributed by atoms with Crippen molar-refractivity contribution in [2.75, 3.05) is 0 Å². The first-order valence-electron chi connectivity index (χ1n) is 10.3. The van der Waals surface area contributed by atoms with Gasteiger partial charge < -0.3 is 10.1 Å². The molecule has 0 saturated heterocycles. The summed E-state index contributed by atoms with van der Waals surface area (Å²) in [7, 11) is 0. The molecule has 0 unspecified atom stereocenters.